The Morgan fingerprint density at radius 1 is 1.37 bits per heavy atom. The van der Waals surface area contributed by atoms with Crippen molar-refractivity contribution in [3.8, 4) is 0 Å². The lowest BCUT2D eigenvalue weighted by molar-refractivity contribution is -0.142. The number of imide groups is 1. The van der Waals surface area contributed by atoms with E-state index < -0.39 is 29.7 Å². The first-order valence-electron chi connectivity index (χ1n) is 6.02. The van der Waals surface area contributed by atoms with E-state index in [0.29, 0.717) is 12.8 Å². The molecule has 1 aliphatic rings. The van der Waals surface area contributed by atoms with Crippen LogP contribution in [0.15, 0.2) is 0 Å². The van der Waals surface area contributed by atoms with E-state index in [4.69, 9.17) is 5.11 Å². The number of piperazine rings is 1. The highest BCUT2D eigenvalue weighted by atomic mass is 16.4. The maximum atomic E-state index is 11.7. The van der Waals surface area contributed by atoms with Gasteiger partial charge in [0.15, 0.2) is 0 Å². The summed E-state index contributed by atoms with van der Waals surface area (Å²) in [4.78, 5) is 45.8. The van der Waals surface area contributed by atoms with Crippen molar-refractivity contribution in [2.24, 2.45) is 5.92 Å². The van der Waals surface area contributed by atoms with E-state index in [1.807, 2.05) is 6.92 Å². The first-order chi connectivity index (χ1) is 8.93. The number of urea groups is 1. The summed E-state index contributed by atoms with van der Waals surface area (Å²) in [6, 6.07) is -0.606. The van der Waals surface area contributed by atoms with Gasteiger partial charge in [0.2, 0.25) is 11.8 Å². The molecular weight excluding hydrogens is 254 g/mol. The van der Waals surface area contributed by atoms with Gasteiger partial charge in [0, 0.05) is 6.54 Å². The second-order valence-electron chi connectivity index (χ2n) is 4.34. The third kappa shape index (κ3) is 4.57. The third-order valence-corrected chi connectivity index (χ3v) is 2.72. The molecule has 3 N–H and O–H groups in total. The van der Waals surface area contributed by atoms with E-state index in [1.54, 1.807) is 0 Å². The topological polar surface area (TPSA) is 116 Å². The summed E-state index contributed by atoms with van der Waals surface area (Å²) < 4.78 is 0. The highest BCUT2D eigenvalue weighted by Crippen LogP contribution is 2.05. The molecule has 4 amide bonds. The minimum Gasteiger partial charge on any atom is -0.481 e. The van der Waals surface area contributed by atoms with Crippen LogP contribution in [0, 0.1) is 5.92 Å². The van der Waals surface area contributed by atoms with Gasteiger partial charge in [-0.3, -0.25) is 19.7 Å². The number of carbonyl (C=O) groups excluding carboxylic acids is 3. The molecule has 0 bridgehead atoms. The molecule has 0 aromatic rings. The monoisotopic (exact) mass is 271 g/mol. The molecule has 1 atom stereocenters. The third-order valence-electron chi connectivity index (χ3n) is 2.72. The van der Waals surface area contributed by atoms with E-state index in [0.717, 1.165) is 4.90 Å². The minimum absolute atomic E-state index is 0.0195. The van der Waals surface area contributed by atoms with Crippen LogP contribution in [0.5, 0.6) is 0 Å². The first kappa shape index (κ1) is 14.9. The average Bonchev–Trinajstić information content (AvgIpc) is 2.32. The van der Waals surface area contributed by atoms with Crippen LogP contribution in [0.3, 0.4) is 0 Å². The molecule has 0 aromatic carbocycles. The number of hydrogen-bond acceptors (Lipinski definition) is 4. The summed E-state index contributed by atoms with van der Waals surface area (Å²) in [5.41, 5.74) is 0. The normalized spacial score (nSPS) is 16.8. The number of hydrogen-bond donors (Lipinski definition) is 3. The van der Waals surface area contributed by atoms with Crippen LogP contribution < -0.4 is 10.6 Å². The Balaban J connectivity index is 2.47. The molecule has 0 saturated carbocycles. The number of nitrogens with one attached hydrogen (secondary N) is 2. The van der Waals surface area contributed by atoms with Gasteiger partial charge in [-0.2, -0.15) is 0 Å². The van der Waals surface area contributed by atoms with Gasteiger partial charge in [-0.15, -0.1) is 0 Å². The number of nitrogens with zero attached hydrogens (tertiary/aromatic N) is 1. The van der Waals surface area contributed by atoms with E-state index in [-0.39, 0.29) is 19.6 Å². The van der Waals surface area contributed by atoms with E-state index in [9.17, 15) is 19.2 Å². The number of rotatable bonds is 5. The largest absolute Gasteiger partial charge is 0.481 e. The van der Waals surface area contributed by atoms with Gasteiger partial charge in [-0.1, -0.05) is 13.3 Å². The summed E-state index contributed by atoms with van der Waals surface area (Å²) in [6.45, 7) is 1.42. The van der Waals surface area contributed by atoms with Crippen molar-refractivity contribution in [2.45, 2.75) is 19.8 Å². The minimum atomic E-state index is -0.977. The molecule has 106 valence electrons. The molecule has 1 heterocycles. The van der Waals surface area contributed by atoms with Gasteiger partial charge < -0.3 is 15.3 Å². The average molecular weight is 271 g/mol. The summed E-state index contributed by atoms with van der Waals surface area (Å²) in [6.07, 6.45) is 1.15. The Bertz CT molecular complexity index is 380. The van der Waals surface area contributed by atoms with Crippen LogP contribution in [0.2, 0.25) is 0 Å². The molecule has 0 spiro atoms. The fraction of sp³-hybridized carbons (Fsp3) is 0.636. The number of carboxylic acids is 1. The van der Waals surface area contributed by atoms with Crippen molar-refractivity contribution >= 4 is 23.8 Å². The molecule has 1 aliphatic heterocycles. The maximum Gasteiger partial charge on any atom is 0.318 e. The Hall–Kier alpha value is -2.12. The lowest BCUT2D eigenvalue weighted by Gasteiger charge is -2.26. The Kier molecular flexibility index (Phi) is 5.28. The number of amides is 4. The van der Waals surface area contributed by atoms with Crippen LogP contribution in [0.1, 0.15) is 19.8 Å². The van der Waals surface area contributed by atoms with Crippen molar-refractivity contribution in [3.05, 3.63) is 0 Å². The molecule has 8 nitrogen and oxygen atoms in total. The predicted octanol–water partition coefficient (Wildman–Crippen LogP) is -0.845. The van der Waals surface area contributed by atoms with Gasteiger partial charge in [0.25, 0.3) is 0 Å². The quantitative estimate of drug-likeness (QED) is 0.563. The zero-order chi connectivity index (χ0) is 14.4. The summed E-state index contributed by atoms with van der Waals surface area (Å²) in [5, 5.41) is 13.4. The second kappa shape index (κ2) is 6.72. The summed E-state index contributed by atoms with van der Waals surface area (Å²) in [5.74, 6) is -2.73. The fourth-order valence-corrected chi connectivity index (χ4v) is 1.76. The van der Waals surface area contributed by atoms with Gasteiger partial charge in [-0.25, -0.2) is 4.79 Å². The predicted molar refractivity (Wildman–Crippen MR) is 64.2 cm³/mol. The number of carbonyl (C=O) groups is 4. The van der Waals surface area contributed by atoms with Gasteiger partial charge in [0.1, 0.15) is 13.1 Å². The maximum absolute atomic E-state index is 11.7. The molecule has 0 radical (unpaired) electrons. The van der Waals surface area contributed by atoms with Crippen molar-refractivity contribution < 1.29 is 24.3 Å². The van der Waals surface area contributed by atoms with Crippen molar-refractivity contribution in [2.75, 3.05) is 19.6 Å². The van der Waals surface area contributed by atoms with Crippen LogP contribution in [0.4, 0.5) is 4.79 Å². The summed E-state index contributed by atoms with van der Waals surface area (Å²) >= 11 is 0. The summed E-state index contributed by atoms with van der Waals surface area (Å²) in [7, 11) is 0. The Labute approximate surface area is 110 Å². The number of aliphatic carboxylic acids is 1. The molecular formula is C11H17N3O5. The molecule has 1 fully saturated rings. The smallest absolute Gasteiger partial charge is 0.318 e. The first-order valence-corrected chi connectivity index (χ1v) is 6.02. The van der Waals surface area contributed by atoms with Crippen LogP contribution >= 0.6 is 0 Å². The fourth-order valence-electron chi connectivity index (χ4n) is 1.76. The van der Waals surface area contributed by atoms with Crippen molar-refractivity contribution in [1.82, 2.24) is 15.5 Å². The van der Waals surface area contributed by atoms with Crippen LogP contribution in [-0.4, -0.2) is 53.5 Å². The van der Waals surface area contributed by atoms with Crippen molar-refractivity contribution in [3.63, 3.8) is 0 Å². The SMILES string of the molecule is CCCC(CNC(=O)N1CC(=O)NC(=O)C1)C(=O)O. The molecule has 19 heavy (non-hydrogen) atoms. The highest BCUT2D eigenvalue weighted by Gasteiger charge is 2.27. The van der Waals surface area contributed by atoms with Gasteiger partial charge in [0.05, 0.1) is 5.92 Å². The molecule has 0 aliphatic carbocycles. The molecule has 8 heteroatoms. The highest BCUT2D eigenvalue weighted by molar-refractivity contribution is 6.02. The second-order valence-corrected chi connectivity index (χ2v) is 4.34. The van der Waals surface area contributed by atoms with Gasteiger partial charge in [-0.05, 0) is 6.42 Å². The van der Waals surface area contributed by atoms with E-state index in [1.165, 1.54) is 0 Å². The van der Waals surface area contributed by atoms with E-state index in [2.05, 4.69) is 10.6 Å². The molecule has 0 aromatic heterocycles. The van der Waals surface area contributed by atoms with Crippen molar-refractivity contribution in [1.29, 1.82) is 0 Å². The van der Waals surface area contributed by atoms with Crippen LogP contribution in [-0.2, 0) is 14.4 Å². The molecule has 1 unspecified atom stereocenters. The van der Waals surface area contributed by atoms with Crippen LogP contribution in [0.25, 0.3) is 0 Å². The Morgan fingerprint density at radius 2 is 1.95 bits per heavy atom. The Morgan fingerprint density at radius 3 is 2.42 bits per heavy atom. The van der Waals surface area contributed by atoms with E-state index >= 15 is 0 Å². The number of carboxylic acid groups (broad SMARTS) is 1. The lowest BCUT2D eigenvalue weighted by Crippen LogP contribution is -2.56. The standard InChI is InChI=1S/C11H17N3O5/c1-2-3-7(10(17)18)4-12-11(19)14-5-8(15)13-9(16)6-14/h7H,2-6H2,1H3,(H,12,19)(H,17,18)(H,13,15,16). The lowest BCUT2D eigenvalue weighted by atomic mass is 10.0. The zero-order valence-corrected chi connectivity index (χ0v) is 10.6. The van der Waals surface area contributed by atoms with Gasteiger partial charge >= 0.3 is 12.0 Å². The molecule has 1 saturated heterocycles. The zero-order valence-electron chi connectivity index (χ0n) is 10.6. The molecule has 1 rings (SSSR count).